The van der Waals surface area contributed by atoms with E-state index in [-0.39, 0.29) is 17.9 Å². The standard InChI is InChI=1S/C21H25N5OS/c1-11(2)20(27)24-21-23-16-9-8-15-17(14-7-6-13(5)22-10-14)25-26(12(3)4)18(15)19(16)28-21/h6-7,10-12H,8-9H2,1-5H3,(H,23,24,27). The van der Waals surface area contributed by atoms with Crippen molar-refractivity contribution in [2.75, 3.05) is 5.32 Å². The lowest BCUT2D eigenvalue weighted by Gasteiger charge is -2.15. The SMILES string of the molecule is Cc1ccc(-c2nn(C(C)C)c3c2CCc2nc(NC(=O)C(C)C)sc2-3)cn1. The normalized spacial score (nSPS) is 13.0. The Kier molecular flexibility index (Phi) is 4.79. The first-order chi connectivity index (χ1) is 13.3. The van der Waals surface area contributed by atoms with Crippen molar-refractivity contribution in [2.45, 2.75) is 53.5 Å². The fraction of sp³-hybridized carbons (Fsp3) is 0.429. The van der Waals surface area contributed by atoms with Crippen LogP contribution in [0.2, 0.25) is 0 Å². The molecule has 0 aromatic carbocycles. The van der Waals surface area contributed by atoms with Crippen LogP contribution in [0.1, 0.15) is 50.7 Å². The lowest BCUT2D eigenvalue weighted by Crippen LogP contribution is -2.17. The Hall–Kier alpha value is -2.54. The number of thiazole rings is 1. The van der Waals surface area contributed by atoms with Gasteiger partial charge in [0, 0.05) is 35.0 Å². The summed E-state index contributed by atoms with van der Waals surface area (Å²) in [5, 5.41) is 8.58. The molecule has 0 saturated heterocycles. The molecule has 0 spiro atoms. The van der Waals surface area contributed by atoms with Crippen molar-refractivity contribution in [3.05, 3.63) is 35.3 Å². The van der Waals surface area contributed by atoms with Crippen LogP contribution < -0.4 is 5.32 Å². The number of nitrogens with one attached hydrogen (secondary N) is 1. The molecule has 6 nitrogen and oxygen atoms in total. The van der Waals surface area contributed by atoms with Crippen LogP contribution in [-0.4, -0.2) is 25.7 Å². The number of amides is 1. The minimum Gasteiger partial charge on any atom is -0.302 e. The van der Waals surface area contributed by atoms with Crippen LogP contribution in [-0.2, 0) is 17.6 Å². The Morgan fingerprint density at radius 1 is 1.21 bits per heavy atom. The van der Waals surface area contributed by atoms with Crippen molar-refractivity contribution in [2.24, 2.45) is 5.92 Å². The van der Waals surface area contributed by atoms with E-state index in [2.05, 4.69) is 34.9 Å². The molecule has 3 aromatic heterocycles. The molecule has 1 aliphatic carbocycles. The van der Waals surface area contributed by atoms with Crippen LogP contribution in [0.15, 0.2) is 18.3 Å². The number of anilines is 1. The van der Waals surface area contributed by atoms with Gasteiger partial charge in [-0.05, 0) is 45.7 Å². The highest BCUT2D eigenvalue weighted by atomic mass is 32.1. The second-order valence-corrected chi connectivity index (χ2v) is 8.84. The largest absolute Gasteiger partial charge is 0.302 e. The molecule has 0 aliphatic heterocycles. The first-order valence-electron chi connectivity index (χ1n) is 9.70. The number of hydrogen-bond acceptors (Lipinski definition) is 5. The highest BCUT2D eigenvalue weighted by molar-refractivity contribution is 7.19. The molecule has 7 heteroatoms. The second kappa shape index (κ2) is 7.13. The van der Waals surface area contributed by atoms with Gasteiger partial charge < -0.3 is 5.32 Å². The Balaban J connectivity index is 1.82. The summed E-state index contributed by atoms with van der Waals surface area (Å²) in [4.78, 5) is 22.4. The third-order valence-corrected chi connectivity index (χ3v) is 5.98. The number of nitrogens with zero attached hydrogens (tertiary/aromatic N) is 4. The topological polar surface area (TPSA) is 72.7 Å². The average Bonchev–Trinajstić information content (AvgIpc) is 3.23. The van der Waals surface area contributed by atoms with E-state index in [1.54, 1.807) is 11.3 Å². The molecule has 3 heterocycles. The van der Waals surface area contributed by atoms with Gasteiger partial charge in [-0.2, -0.15) is 5.10 Å². The summed E-state index contributed by atoms with van der Waals surface area (Å²) >= 11 is 1.55. The third-order valence-electron chi connectivity index (χ3n) is 4.96. The number of aryl methyl sites for hydroxylation is 2. The highest BCUT2D eigenvalue weighted by Crippen LogP contribution is 2.44. The zero-order valence-electron chi connectivity index (χ0n) is 16.9. The van der Waals surface area contributed by atoms with Crippen molar-refractivity contribution in [1.82, 2.24) is 19.7 Å². The zero-order valence-corrected chi connectivity index (χ0v) is 17.7. The Bertz CT molecular complexity index is 1030. The minimum atomic E-state index is -0.0710. The van der Waals surface area contributed by atoms with Crippen molar-refractivity contribution in [3.8, 4) is 21.8 Å². The van der Waals surface area contributed by atoms with Gasteiger partial charge in [0.25, 0.3) is 0 Å². The molecule has 28 heavy (non-hydrogen) atoms. The van der Waals surface area contributed by atoms with E-state index in [4.69, 9.17) is 10.1 Å². The van der Waals surface area contributed by atoms with Gasteiger partial charge in [0.15, 0.2) is 5.13 Å². The molecule has 1 amide bonds. The quantitative estimate of drug-likeness (QED) is 0.698. The molecule has 0 radical (unpaired) electrons. The average molecular weight is 396 g/mol. The smallest absolute Gasteiger partial charge is 0.228 e. The van der Waals surface area contributed by atoms with Crippen LogP contribution in [0.25, 0.3) is 21.8 Å². The first kappa shape index (κ1) is 18.8. The number of carbonyl (C=O) groups is 1. The van der Waals surface area contributed by atoms with Gasteiger partial charge in [0.05, 0.1) is 22.0 Å². The number of pyridine rings is 1. The summed E-state index contributed by atoms with van der Waals surface area (Å²) in [7, 11) is 0. The lowest BCUT2D eigenvalue weighted by atomic mass is 9.95. The Morgan fingerprint density at radius 3 is 2.64 bits per heavy atom. The van der Waals surface area contributed by atoms with E-state index in [1.807, 2.05) is 33.0 Å². The van der Waals surface area contributed by atoms with Crippen molar-refractivity contribution in [1.29, 1.82) is 0 Å². The van der Waals surface area contributed by atoms with Crippen LogP contribution in [0.5, 0.6) is 0 Å². The minimum absolute atomic E-state index is 0.00453. The van der Waals surface area contributed by atoms with Gasteiger partial charge in [-0.15, -0.1) is 0 Å². The summed E-state index contributed by atoms with van der Waals surface area (Å²) < 4.78 is 2.09. The molecular formula is C21H25N5OS. The molecular weight excluding hydrogens is 370 g/mol. The van der Waals surface area contributed by atoms with Crippen LogP contribution in [0.4, 0.5) is 5.13 Å². The number of rotatable bonds is 4. The molecule has 0 bridgehead atoms. The number of fused-ring (bicyclic) bond motifs is 3. The van der Waals surface area contributed by atoms with E-state index in [0.717, 1.165) is 46.1 Å². The van der Waals surface area contributed by atoms with Gasteiger partial charge in [-0.1, -0.05) is 25.2 Å². The molecule has 1 aliphatic rings. The molecule has 3 aromatic rings. The summed E-state index contributed by atoms with van der Waals surface area (Å²) in [6.45, 7) is 10.0. The summed E-state index contributed by atoms with van der Waals surface area (Å²) in [5.74, 6) is -0.0755. The van der Waals surface area contributed by atoms with Gasteiger partial charge >= 0.3 is 0 Å². The number of carbonyl (C=O) groups excluding carboxylic acids is 1. The van der Waals surface area contributed by atoms with Crippen LogP contribution in [0.3, 0.4) is 0 Å². The molecule has 1 N–H and O–H groups in total. The Morgan fingerprint density at radius 2 is 2.00 bits per heavy atom. The van der Waals surface area contributed by atoms with Crippen LogP contribution in [0, 0.1) is 12.8 Å². The molecule has 0 unspecified atom stereocenters. The van der Waals surface area contributed by atoms with E-state index in [1.165, 1.54) is 5.56 Å². The van der Waals surface area contributed by atoms with Crippen LogP contribution >= 0.6 is 11.3 Å². The van der Waals surface area contributed by atoms with Gasteiger partial charge in [-0.3, -0.25) is 14.5 Å². The van der Waals surface area contributed by atoms with E-state index >= 15 is 0 Å². The first-order valence-corrected chi connectivity index (χ1v) is 10.5. The molecule has 0 atom stereocenters. The Labute approximate surface area is 169 Å². The second-order valence-electron chi connectivity index (χ2n) is 7.84. The predicted molar refractivity (Wildman–Crippen MR) is 113 cm³/mol. The third kappa shape index (κ3) is 3.24. The van der Waals surface area contributed by atoms with E-state index < -0.39 is 0 Å². The maximum absolute atomic E-state index is 12.1. The maximum Gasteiger partial charge on any atom is 0.228 e. The molecule has 0 fully saturated rings. The molecule has 146 valence electrons. The van der Waals surface area contributed by atoms with Gasteiger partial charge in [-0.25, -0.2) is 4.98 Å². The maximum atomic E-state index is 12.1. The molecule has 0 saturated carbocycles. The van der Waals surface area contributed by atoms with Crippen molar-refractivity contribution in [3.63, 3.8) is 0 Å². The van der Waals surface area contributed by atoms with Gasteiger partial charge in [0.2, 0.25) is 5.91 Å². The number of hydrogen-bond donors (Lipinski definition) is 1. The lowest BCUT2D eigenvalue weighted by molar-refractivity contribution is -0.118. The van der Waals surface area contributed by atoms with Crippen molar-refractivity contribution < 1.29 is 4.79 Å². The zero-order chi connectivity index (χ0) is 20.0. The fourth-order valence-electron chi connectivity index (χ4n) is 3.41. The highest BCUT2D eigenvalue weighted by Gasteiger charge is 2.30. The van der Waals surface area contributed by atoms with E-state index in [0.29, 0.717) is 5.13 Å². The van der Waals surface area contributed by atoms with E-state index in [9.17, 15) is 4.79 Å². The summed E-state index contributed by atoms with van der Waals surface area (Å²) in [5.41, 5.74) is 6.47. The van der Waals surface area contributed by atoms with Gasteiger partial charge in [0.1, 0.15) is 0 Å². The predicted octanol–water partition coefficient (Wildman–Crippen LogP) is 4.65. The summed E-state index contributed by atoms with van der Waals surface area (Å²) in [6.07, 6.45) is 3.64. The monoisotopic (exact) mass is 395 g/mol. The van der Waals surface area contributed by atoms with Crippen molar-refractivity contribution >= 4 is 22.4 Å². The molecule has 4 rings (SSSR count). The summed E-state index contributed by atoms with van der Waals surface area (Å²) in [6, 6.07) is 4.34. The fourth-order valence-corrected chi connectivity index (χ4v) is 4.49. The number of aromatic nitrogens is 4.